The number of rotatable bonds is 9. The van der Waals surface area contributed by atoms with Gasteiger partial charge >= 0.3 is 0 Å². The normalized spacial score (nSPS) is 10.9. The van der Waals surface area contributed by atoms with Crippen molar-refractivity contribution in [3.05, 3.63) is 117 Å². The molecule has 4 rings (SSSR count). The van der Waals surface area contributed by atoms with Crippen LogP contribution < -0.4 is 5.56 Å². The van der Waals surface area contributed by atoms with Crippen molar-refractivity contribution in [1.82, 2.24) is 14.7 Å². The van der Waals surface area contributed by atoms with Crippen LogP contribution in [-0.2, 0) is 0 Å². The summed E-state index contributed by atoms with van der Waals surface area (Å²) in [7, 11) is 0. The Bertz CT molecular complexity index is 1490. The monoisotopic (exact) mass is 498 g/mol. The van der Waals surface area contributed by atoms with Crippen LogP contribution in [0.3, 0.4) is 0 Å². The van der Waals surface area contributed by atoms with Gasteiger partial charge in [-0.05, 0) is 24.1 Å². The standard InChI is InChI=1S/C28H26N4O5/c1-19(2)17-30(27(34)21-12-9-15-23(16-21)32(36)37)18-24(33)25-26(20-10-5-3-6-11-20)29-31(28(25)35)22-13-7-4-8-14-22/h3-16,19,29H,17-18H2,1-2H3. The Morgan fingerprint density at radius 1 is 0.973 bits per heavy atom. The minimum atomic E-state index is -0.577. The van der Waals surface area contributed by atoms with E-state index >= 15 is 0 Å². The Balaban J connectivity index is 1.75. The van der Waals surface area contributed by atoms with Gasteiger partial charge in [-0.15, -0.1) is 0 Å². The predicted octanol–water partition coefficient (Wildman–Crippen LogP) is 4.72. The number of nitrogens with one attached hydrogen (secondary N) is 1. The van der Waals surface area contributed by atoms with Crippen molar-refractivity contribution in [1.29, 1.82) is 0 Å². The number of nitro groups is 1. The van der Waals surface area contributed by atoms with Gasteiger partial charge in [-0.1, -0.05) is 68.4 Å². The van der Waals surface area contributed by atoms with Gasteiger partial charge in [-0.25, -0.2) is 4.68 Å². The number of Topliss-reactive ketones (excluding diaryl/α,β-unsaturated/α-hetero) is 1. The van der Waals surface area contributed by atoms with Crippen LogP contribution in [0.2, 0.25) is 0 Å². The summed E-state index contributed by atoms with van der Waals surface area (Å²) in [6.07, 6.45) is 0. The van der Waals surface area contributed by atoms with E-state index in [2.05, 4.69) is 5.10 Å². The maximum atomic E-state index is 13.7. The van der Waals surface area contributed by atoms with Gasteiger partial charge < -0.3 is 4.90 Å². The van der Waals surface area contributed by atoms with Gasteiger partial charge in [0.05, 0.1) is 22.8 Å². The van der Waals surface area contributed by atoms with E-state index in [9.17, 15) is 24.5 Å². The van der Waals surface area contributed by atoms with Gasteiger partial charge in [-0.2, -0.15) is 0 Å². The molecule has 1 N–H and O–H groups in total. The molecule has 0 atom stereocenters. The number of carbonyl (C=O) groups is 2. The molecule has 188 valence electrons. The lowest BCUT2D eigenvalue weighted by atomic mass is 10.0. The molecule has 3 aromatic carbocycles. The van der Waals surface area contributed by atoms with Gasteiger partial charge in [-0.3, -0.25) is 29.6 Å². The quantitative estimate of drug-likeness (QED) is 0.203. The number of non-ortho nitro benzene ring substituents is 1. The van der Waals surface area contributed by atoms with E-state index < -0.39 is 22.2 Å². The first kappa shape index (κ1) is 25.3. The molecule has 9 heteroatoms. The highest BCUT2D eigenvalue weighted by Gasteiger charge is 2.27. The minimum absolute atomic E-state index is 0.0104. The third-order valence-electron chi connectivity index (χ3n) is 5.76. The number of carbonyl (C=O) groups excluding carboxylic acids is 2. The predicted molar refractivity (Wildman–Crippen MR) is 140 cm³/mol. The van der Waals surface area contributed by atoms with E-state index in [4.69, 9.17) is 0 Å². The largest absolute Gasteiger partial charge is 0.331 e. The van der Waals surface area contributed by atoms with Crippen molar-refractivity contribution >= 4 is 17.4 Å². The summed E-state index contributed by atoms with van der Waals surface area (Å²) in [4.78, 5) is 52.5. The number of aromatic amines is 1. The van der Waals surface area contributed by atoms with Crippen molar-refractivity contribution in [3.63, 3.8) is 0 Å². The van der Waals surface area contributed by atoms with E-state index in [1.54, 1.807) is 48.5 Å². The molecule has 37 heavy (non-hydrogen) atoms. The lowest BCUT2D eigenvalue weighted by Crippen LogP contribution is -2.39. The molecule has 0 saturated carbocycles. The molecule has 0 unspecified atom stereocenters. The molecule has 0 spiro atoms. The summed E-state index contributed by atoms with van der Waals surface area (Å²) >= 11 is 0. The average Bonchev–Trinajstić information content (AvgIpc) is 3.25. The molecule has 0 bridgehead atoms. The van der Waals surface area contributed by atoms with Gasteiger partial charge in [0.1, 0.15) is 5.56 Å². The Kier molecular flexibility index (Phi) is 7.43. The Hall–Kier alpha value is -4.79. The van der Waals surface area contributed by atoms with Crippen LogP contribution in [0.5, 0.6) is 0 Å². The fourth-order valence-corrected chi connectivity index (χ4v) is 4.12. The Morgan fingerprint density at radius 3 is 2.24 bits per heavy atom. The molecular weight excluding hydrogens is 472 g/mol. The molecule has 1 aromatic heterocycles. The fourth-order valence-electron chi connectivity index (χ4n) is 4.12. The lowest BCUT2D eigenvalue weighted by molar-refractivity contribution is -0.384. The van der Waals surface area contributed by atoms with Crippen LogP contribution in [0, 0.1) is 16.0 Å². The molecule has 0 radical (unpaired) electrons. The Labute approximate surface area is 213 Å². The third-order valence-corrected chi connectivity index (χ3v) is 5.76. The minimum Gasteiger partial charge on any atom is -0.331 e. The fraction of sp³-hybridized carbons (Fsp3) is 0.179. The van der Waals surface area contributed by atoms with Crippen LogP contribution >= 0.6 is 0 Å². The number of nitrogens with zero attached hydrogens (tertiary/aromatic N) is 3. The first-order chi connectivity index (χ1) is 17.8. The molecule has 1 amide bonds. The first-order valence-electron chi connectivity index (χ1n) is 11.8. The van der Waals surface area contributed by atoms with E-state index in [0.29, 0.717) is 16.9 Å². The van der Waals surface area contributed by atoms with Crippen molar-refractivity contribution in [2.75, 3.05) is 13.1 Å². The number of amides is 1. The van der Waals surface area contributed by atoms with Gasteiger partial charge in [0.2, 0.25) is 0 Å². The van der Waals surface area contributed by atoms with E-state index in [1.165, 1.54) is 33.8 Å². The smallest absolute Gasteiger partial charge is 0.282 e. The number of ketones is 1. The second-order valence-corrected chi connectivity index (χ2v) is 9.01. The highest BCUT2D eigenvalue weighted by atomic mass is 16.6. The number of hydrogen-bond donors (Lipinski definition) is 1. The summed E-state index contributed by atoms with van der Waals surface area (Å²) in [5.74, 6) is -1.05. The van der Waals surface area contributed by atoms with Crippen LogP contribution in [0.1, 0.15) is 34.6 Å². The number of nitro benzene ring substituents is 1. The van der Waals surface area contributed by atoms with Crippen molar-refractivity contribution < 1.29 is 14.5 Å². The van der Waals surface area contributed by atoms with Crippen LogP contribution in [0.25, 0.3) is 16.9 Å². The summed E-state index contributed by atoms with van der Waals surface area (Å²) in [5.41, 5.74) is 0.865. The molecule has 4 aromatic rings. The second-order valence-electron chi connectivity index (χ2n) is 9.01. The number of benzene rings is 3. The SMILES string of the molecule is CC(C)CN(CC(=O)c1c(-c2ccccc2)[nH]n(-c2ccccc2)c1=O)C(=O)c1cccc([N+](=O)[O-])c1. The molecule has 0 saturated heterocycles. The molecule has 0 aliphatic heterocycles. The van der Waals surface area contributed by atoms with Crippen molar-refractivity contribution in [2.24, 2.45) is 5.92 Å². The number of para-hydroxylation sites is 1. The van der Waals surface area contributed by atoms with Gasteiger partial charge in [0, 0.05) is 29.8 Å². The summed E-state index contributed by atoms with van der Waals surface area (Å²) in [5, 5.41) is 14.3. The highest BCUT2D eigenvalue weighted by Crippen LogP contribution is 2.22. The number of hydrogen-bond acceptors (Lipinski definition) is 5. The first-order valence-corrected chi connectivity index (χ1v) is 11.8. The average molecular weight is 499 g/mol. The Morgan fingerprint density at radius 2 is 1.62 bits per heavy atom. The highest BCUT2D eigenvalue weighted by molar-refractivity contribution is 6.05. The zero-order valence-corrected chi connectivity index (χ0v) is 20.5. The molecule has 9 nitrogen and oxygen atoms in total. The molecule has 1 heterocycles. The van der Waals surface area contributed by atoms with E-state index in [0.717, 1.165) is 0 Å². The molecule has 0 aliphatic rings. The van der Waals surface area contributed by atoms with Gasteiger partial charge in [0.15, 0.2) is 5.78 Å². The molecular formula is C28H26N4O5. The summed E-state index contributed by atoms with van der Waals surface area (Å²) in [6.45, 7) is 3.66. The van der Waals surface area contributed by atoms with Crippen molar-refractivity contribution in [3.8, 4) is 16.9 Å². The van der Waals surface area contributed by atoms with Crippen molar-refractivity contribution in [2.45, 2.75) is 13.8 Å². The van der Waals surface area contributed by atoms with Crippen LogP contribution in [0.15, 0.2) is 89.7 Å². The van der Waals surface area contributed by atoms with E-state index in [-0.39, 0.29) is 35.8 Å². The zero-order chi connectivity index (χ0) is 26.5. The number of aromatic nitrogens is 2. The third kappa shape index (κ3) is 5.56. The zero-order valence-electron chi connectivity index (χ0n) is 20.5. The lowest BCUT2D eigenvalue weighted by Gasteiger charge is -2.24. The molecule has 0 aliphatic carbocycles. The summed E-state index contributed by atoms with van der Waals surface area (Å²) < 4.78 is 1.31. The van der Waals surface area contributed by atoms with Crippen LogP contribution in [0.4, 0.5) is 5.69 Å². The second kappa shape index (κ2) is 10.9. The number of H-pyrrole nitrogens is 1. The topological polar surface area (TPSA) is 118 Å². The summed E-state index contributed by atoms with van der Waals surface area (Å²) in [6, 6.07) is 23.3. The maximum Gasteiger partial charge on any atom is 0.282 e. The molecule has 0 fully saturated rings. The van der Waals surface area contributed by atoms with E-state index in [1.807, 2.05) is 26.0 Å². The van der Waals surface area contributed by atoms with Crippen LogP contribution in [-0.4, -0.2) is 44.4 Å². The van der Waals surface area contributed by atoms with Gasteiger partial charge in [0.25, 0.3) is 17.2 Å². The maximum absolute atomic E-state index is 13.7.